The summed E-state index contributed by atoms with van der Waals surface area (Å²) in [5, 5.41) is 9.47. The van der Waals surface area contributed by atoms with Crippen molar-refractivity contribution in [1.29, 1.82) is 5.26 Å². The Balaban J connectivity index is 1.17. The van der Waals surface area contributed by atoms with Crippen molar-refractivity contribution in [3.63, 3.8) is 0 Å². The summed E-state index contributed by atoms with van der Waals surface area (Å²) in [5.74, 6) is 2.40. The van der Waals surface area contributed by atoms with Gasteiger partial charge < -0.3 is 9.80 Å². The highest BCUT2D eigenvalue weighted by Gasteiger charge is 2.43. The summed E-state index contributed by atoms with van der Waals surface area (Å²) >= 11 is 0. The van der Waals surface area contributed by atoms with Gasteiger partial charge in [0.15, 0.2) is 0 Å². The Kier molecular flexibility index (Phi) is 5.73. The molecule has 32 heavy (non-hydrogen) atoms. The first-order valence-corrected chi connectivity index (χ1v) is 12.6. The Labute approximate surface area is 191 Å². The van der Waals surface area contributed by atoms with Crippen molar-refractivity contribution in [1.82, 2.24) is 9.80 Å². The van der Waals surface area contributed by atoms with Gasteiger partial charge in [0.2, 0.25) is 5.91 Å². The van der Waals surface area contributed by atoms with Crippen LogP contribution in [0.3, 0.4) is 0 Å². The number of nitrogens with zero attached hydrogens (tertiary/aromatic N) is 3. The van der Waals surface area contributed by atoms with Gasteiger partial charge in [0.05, 0.1) is 6.07 Å². The molecule has 0 bridgehead atoms. The van der Waals surface area contributed by atoms with Crippen LogP contribution in [-0.2, 0) is 4.79 Å². The van der Waals surface area contributed by atoms with Crippen LogP contribution in [0.5, 0.6) is 0 Å². The fourth-order valence-corrected chi connectivity index (χ4v) is 6.69. The molecular weight excluding hydrogens is 398 g/mol. The lowest BCUT2D eigenvalue weighted by atomic mass is 9.69. The molecule has 3 aliphatic carbocycles. The molecule has 5 heteroatoms. The lowest BCUT2D eigenvalue weighted by Crippen LogP contribution is -2.55. The van der Waals surface area contributed by atoms with Gasteiger partial charge in [-0.3, -0.25) is 9.59 Å². The molecule has 0 aromatic heterocycles. The third-order valence-electron chi connectivity index (χ3n) is 9.04. The molecule has 5 rings (SSSR count). The van der Waals surface area contributed by atoms with Crippen LogP contribution in [0.4, 0.5) is 0 Å². The van der Waals surface area contributed by atoms with E-state index in [9.17, 15) is 14.9 Å². The predicted octanol–water partition coefficient (Wildman–Crippen LogP) is 4.59. The molecule has 170 valence electrons. The zero-order chi connectivity index (χ0) is 22.3. The largest absolute Gasteiger partial charge is 0.339 e. The van der Waals surface area contributed by atoms with Crippen LogP contribution in [0.15, 0.2) is 24.3 Å². The molecule has 0 N–H and O–H groups in total. The highest BCUT2D eigenvalue weighted by atomic mass is 16.2. The highest BCUT2D eigenvalue weighted by molar-refractivity contribution is 5.94. The molecule has 1 saturated heterocycles. The summed E-state index contributed by atoms with van der Waals surface area (Å²) in [6.45, 7) is 4.59. The summed E-state index contributed by atoms with van der Waals surface area (Å²) in [6, 6.07) is 10.8. The first-order valence-electron chi connectivity index (χ1n) is 12.6. The topological polar surface area (TPSA) is 64.4 Å². The third kappa shape index (κ3) is 3.83. The summed E-state index contributed by atoms with van der Waals surface area (Å²) in [4.78, 5) is 29.6. The molecule has 2 amide bonds. The fraction of sp³-hybridized carbons (Fsp3) is 0.667. The second-order valence-corrected chi connectivity index (χ2v) is 10.9. The van der Waals surface area contributed by atoms with Crippen molar-refractivity contribution in [3.8, 4) is 6.07 Å². The van der Waals surface area contributed by atoms with Gasteiger partial charge in [-0.1, -0.05) is 25.5 Å². The number of carbonyl (C=O) groups is 2. The van der Waals surface area contributed by atoms with E-state index < -0.39 is 0 Å². The molecule has 4 atom stereocenters. The van der Waals surface area contributed by atoms with Crippen LogP contribution >= 0.6 is 0 Å². The number of fused-ring (bicyclic) bond motifs is 1. The molecular formula is C27H35N3O2. The number of carbonyl (C=O) groups excluding carboxylic acids is 2. The van der Waals surface area contributed by atoms with Gasteiger partial charge in [-0.2, -0.15) is 5.26 Å². The van der Waals surface area contributed by atoms with Crippen LogP contribution in [0.2, 0.25) is 0 Å². The molecule has 4 unspecified atom stereocenters. The first kappa shape index (κ1) is 21.5. The van der Waals surface area contributed by atoms with Crippen molar-refractivity contribution >= 4 is 11.8 Å². The Morgan fingerprint density at radius 1 is 0.969 bits per heavy atom. The van der Waals surface area contributed by atoms with E-state index in [4.69, 9.17) is 0 Å². The summed E-state index contributed by atoms with van der Waals surface area (Å²) in [7, 11) is 0. The zero-order valence-electron chi connectivity index (χ0n) is 19.3. The van der Waals surface area contributed by atoms with Crippen LogP contribution in [0.25, 0.3) is 0 Å². The SMILES string of the molecule is CC1(C(=O)N2CCN(C(=O)c3ccc(C4CCC5CCC(C#N)C5C4)cc3)CC2)CCC1. The average molecular weight is 434 g/mol. The molecule has 1 aromatic carbocycles. The Morgan fingerprint density at radius 2 is 1.62 bits per heavy atom. The second kappa shape index (κ2) is 8.54. The van der Waals surface area contributed by atoms with Crippen molar-refractivity contribution in [2.45, 2.75) is 64.2 Å². The number of nitriles is 1. The predicted molar refractivity (Wildman–Crippen MR) is 123 cm³/mol. The van der Waals surface area contributed by atoms with Gasteiger partial charge in [-0.25, -0.2) is 0 Å². The van der Waals surface area contributed by atoms with Crippen LogP contribution in [-0.4, -0.2) is 47.8 Å². The highest BCUT2D eigenvalue weighted by Crippen LogP contribution is 2.50. The van der Waals surface area contributed by atoms with Gasteiger partial charge >= 0.3 is 0 Å². The number of amides is 2. The lowest BCUT2D eigenvalue weighted by Gasteiger charge is -2.43. The van der Waals surface area contributed by atoms with E-state index in [1.54, 1.807) is 0 Å². The van der Waals surface area contributed by atoms with E-state index in [0.29, 0.717) is 38.0 Å². The van der Waals surface area contributed by atoms with Crippen molar-refractivity contribution in [2.24, 2.45) is 23.2 Å². The minimum Gasteiger partial charge on any atom is -0.339 e. The quantitative estimate of drug-likeness (QED) is 0.700. The first-order chi connectivity index (χ1) is 15.5. The van der Waals surface area contributed by atoms with Gasteiger partial charge in [-0.15, -0.1) is 0 Å². The molecule has 1 aliphatic heterocycles. The fourth-order valence-electron chi connectivity index (χ4n) is 6.69. The van der Waals surface area contributed by atoms with E-state index in [2.05, 4.69) is 25.1 Å². The number of hydrogen-bond donors (Lipinski definition) is 0. The van der Waals surface area contributed by atoms with Crippen LogP contribution in [0.1, 0.15) is 80.1 Å². The zero-order valence-corrected chi connectivity index (χ0v) is 19.3. The maximum absolute atomic E-state index is 13.0. The molecule has 1 heterocycles. The monoisotopic (exact) mass is 433 g/mol. The Morgan fingerprint density at radius 3 is 2.25 bits per heavy atom. The lowest BCUT2D eigenvalue weighted by molar-refractivity contribution is -0.147. The number of benzene rings is 1. The van der Waals surface area contributed by atoms with Crippen LogP contribution < -0.4 is 0 Å². The molecule has 5 nitrogen and oxygen atoms in total. The average Bonchev–Trinajstić information content (AvgIpc) is 3.24. The minimum absolute atomic E-state index is 0.0718. The van der Waals surface area contributed by atoms with Gasteiger partial charge in [0, 0.05) is 43.1 Å². The molecule has 3 saturated carbocycles. The standard InChI is InChI=1S/C27H35N3O2/c1-27(11-2-12-27)26(32)30-15-13-29(14-16-30)25(31)21-7-3-19(4-8-21)22-9-5-20-6-10-23(18-28)24(20)17-22/h3-4,7-8,20,22-24H,2,5-6,9-17H2,1H3. The van der Waals surface area contributed by atoms with Crippen molar-refractivity contribution < 1.29 is 9.59 Å². The smallest absolute Gasteiger partial charge is 0.253 e. The summed E-state index contributed by atoms with van der Waals surface area (Å²) in [6.07, 6.45) is 8.99. The molecule has 4 fully saturated rings. The summed E-state index contributed by atoms with van der Waals surface area (Å²) in [5.41, 5.74) is 1.89. The van der Waals surface area contributed by atoms with Gasteiger partial charge in [0.25, 0.3) is 5.91 Å². The third-order valence-corrected chi connectivity index (χ3v) is 9.04. The Bertz CT molecular complexity index is 906. The number of rotatable bonds is 3. The van der Waals surface area contributed by atoms with E-state index in [-0.39, 0.29) is 23.1 Å². The normalized spacial score (nSPS) is 31.4. The minimum atomic E-state index is -0.160. The van der Waals surface area contributed by atoms with Crippen molar-refractivity contribution in [3.05, 3.63) is 35.4 Å². The molecule has 0 spiro atoms. The van der Waals surface area contributed by atoms with Crippen molar-refractivity contribution in [2.75, 3.05) is 26.2 Å². The molecule has 1 aromatic rings. The number of piperazine rings is 1. The Hall–Kier alpha value is -2.35. The van der Waals surface area contributed by atoms with E-state index in [1.807, 2.05) is 21.9 Å². The van der Waals surface area contributed by atoms with E-state index in [1.165, 1.54) is 24.8 Å². The molecule has 0 radical (unpaired) electrons. The van der Waals surface area contributed by atoms with E-state index in [0.717, 1.165) is 43.6 Å². The van der Waals surface area contributed by atoms with E-state index >= 15 is 0 Å². The van der Waals surface area contributed by atoms with Crippen LogP contribution in [0, 0.1) is 34.5 Å². The molecule has 4 aliphatic rings. The maximum Gasteiger partial charge on any atom is 0.253 e. The van der Waals surface area contributed by atoms with Gasteiger partial charge in [0.1, 0.15) is 0 Å². The number of hydrogen-bond acceptors (Lipinski definition) is 3. The maximum atomic E-state index is 13.0. The summed E-state index contributed by atoms with van der Waals surface area (Å²) < 4.78 is 0. The second-order valence-electron chi connectivity index (χ2n) is 10.9. The van der Waals surface area contributed by atoms with Gasteiger partial charge in [-0.05, 0) is 80.4 Å².